The van der Waals surface area contributed by atoms with Gasteiger partial charge in [0.25, 0.3) is 0 Å². The van der Waals surface area contributed by atoms with Gasteiger partial charge in [0.2, 0.25) is 0 Å². The fourth-order valence-corrected chi connectivity index (χ4v) is 3.97. The van der Waals surface area contributed by atoms with Crippen LogP contribution in [0.1, 0.15) is 57.9 Å². The van der Waals surface area contributed by atoms with Crippen molar-refractivity contribution in [3.05, 3.63) is 60.2 Å². The number of aliphatic hydroxyl groups excluding tert-OH is 3. The van der Waals surface area contributed by atoms with Gasteiger partial charge in [-0.25, -0.2) is 0 Å². The minimum absolute atomic E-state index is 0. The first-order valence-electron chi connectivity index (χ1n) is 10.8. The van der Waals surface area contributed by atoms with Crippen LogP contribution in [0, 0.1) is 23.8 Å². The van der Waals surface area contributed by atoms with Crippen LogP contribution in [0.2, 0.25) is 0 Å². The van der Waals surface area contributed by atoms with Gasteiger partial charge in [-0.15, -0.1) is 0 Å². The van der Waals surface area contributed by atoms with E-state index in [4.69, 9.17) is 0 Å². The maximum absolute atomic E-state index is 10.3. The molecule has 1 radical (unpaired) electrons. The standard InChI is InChI=1S/C25H37O3.Y/c1-19(2)10-6-3-4-9-13-22-23(25(28)18-24(22)27)17-16-21(26)15-14-20-11-7-5-8-12-20;/h4-5,7,9,11-12,16-17,19,21-28H,3,6,10,13-15,18H2,1-2H3;/q-1;/b9-4-,17-16+;/t21-,22+,23+,24-,25+;/m0./s1. The second-order valence-corrected chi connectivity index (χ2v) is 8.55. The van der Waals surface area contributed by atoms with Crippen LogP contribution in [0.3, 0.4) is 0 Å². The molecule has 3 N–H and O–H groups in total. The maximum Gasteiger partial charge on any atom is 0.0714 e. The zero-order valence-electron chi connectivity index (χ0n) is 18.0. The van der Waals surface area contributed by atoms with Crippen LogP contribution in [0.15, 0.2) is 48.6 Å². The Bertz CT molecular complexity index is 599. The van der Waals surface area contributed by atoms with E-state index in [0.717, 1.165) is 30.7 Å². The van der Waals surface area contributed by atoms with Gasteiger partial charge in [-0.05, 0) is 37.5 Å². The van der Waals surface area contributed by atoms with E-state index < -0.39 is 18.3 Å². The topological polar surface area (TPSA) is 60.7 Å². The summed E-state index contributed by atoms with van der Waals surface area (Å²) in [5.41, 5.74) is 1.16. The summed E-state index contributed by atoms with van der Waals surface area (Å²) in [6, 6.07) is 10.8. The van der Waals surface area contributed by atoms with Crippen molar-refractivity contribution in [2.75, 3.05) is 0 Å². The number of unbranched alkanes of at least 4 members (excludes halogenated alkanes) is 1. The molecule has 0 amide bonds. The predicted octanol–water partition coefficient (Wildman–Crippen LogP) is 4.46. The largest absolute Gasteiger partial charge is 0.393 e. The van der Waals surface area contributed by atoms with Gasteiger partial charge in [0.05, 0.1) is 18.3 Å². The van der Waals surface area contributed by atoms with Gasteiger partial charge in [0.1, 0.15) is 0 Å². The second-order valence-electron chi connectivity index (χ2n) is 8.55. The maximum atomic E-state index is 10.3. The van der Waals surface area contributed by atoms with E-state index in [1.54, 1.807) is 6.08 Å². The molecule has 1 saturated carbocycles. The van der Waals surface area contributed by atoms with Crippen molar-refractivity contribution in [2.24, 2.45) is 17.8 Å². The second kappa shape index (κ2) is 14.6. The summed E-state index contributed by atoms with van der Waals surface area (Å²) in [5, 5.41) is 30.9. The minimum atomic E-state index is -0.544. The van der Waals surface area contributed by atoms with Crippen LogP contribution in [0.4, 0.5) is 0 Å². The van der Waals surface area contributed by atoms with Gasteiger partial charge in [-0.3, -0.25) is 0 Å². The van der Waals surface area contributed by atoms with Crippen LogP contribution in [0.5, 0.6) is 0 Å². The smallest absolute Gasteiger partial charge is 0.0714 e. The van der Waals surface area contributed by atoms with E-state index in [9.17, 15) is 15.3 Å². The van der Waals surface area contributed by atoms with E-state index in [-0.39, 0.29) is 44.5 Å². The van der Waals surface area contributed by atoms with E-state index in [1.807, 2.05) is 30.3 Å². The first-order chi connectivity index (χ1) is 13.5. The molecule has 0 spiro atoms. The molecular formula is C25H37O3Y-. The number of aryl methyl sites for hydroxylation is 1. The van der Waals surface area contributed by atoms with Gasteiger partial charge in [-0.1, -0.05) is 51.0 Å². The van der Waals surface area contributed by atoms with Crippen molar-refractivity contribution < 1.29 is 48.0 Å². The average Bonchev–Trinajstić information content (AvgIpc) is 2.94. The summed E-state index contributed by atoms with van der Waals surface area (Å²) in [5.74, 6) is 0.653. The molecule has 5 atom stereocenters. The summed E-state index contributed by atoms with van der Waals surface area (Å²) < 4.78 is 0. The Morgan fingerprint density at radius 1 is 1.17 bits per heavy atom. The molecule has 2 rings (SSSR count). The zero-order chi connectivity index (χ0) is 20.4. The number of hydrogen-bond donors (Lipinski definition) is 3. The summed E-state index contributed by atoms with van der Waals surface area (Å²) in [6.45, 7) is 4.48. The third-order valence-electron chi connectivity index (χ3n) is 5.70. The summed E-state index contributed by atoms with van der Waals surface area (Å²) >= 11 is 0. The SMILES string of the molecule is CC(C)CCC/C=C\C[C@@H]1[C@@H](/C=C/[C@@H](O)CCc2c[c-]ccc2)[C@H](O)C[C@@H]1O.[Y]. The zero-order valence-corrected chi connectivity index (χ0v) is 20.8. The molecule has 1 fully saturated rings. The predicted molar refractivity (Wildman–Crippen MR) is 115 cm³/mol. The van der Waals surface area contributed by atoms with Gasteiger partial charge >= 0.3 is 0 Å². The Balaban J connectivity index is 0.00000420. The molecule has 0 saturated heterocycles. The Hall–Kier alpha value is -0.316. The van der Waals surface area contributed by atoms with Crippen LogP contribution in [0.25, 0.3) is 0 Å². The monoisotopic (exact) mass is 474 g/mol. The van der Waals surface area contributed by atoms with Crippen LogP contribution in [-0.4, -0.2) is 33.6 Å². The van der Waals surface area contributed by atoms with E-state index in [1.165, 1.54) is 12.8 Å². The summed E-state index contributed by atoms with van der Waals surface area (Å²) in [7, 11) is 0. The first kappa shape index (κ1) is 26.7. The van der Waals surface area contributed by atoms with Gasteiger partial charge in [0, 0.05) is 45.0 Å². The van der Waals surface area contributed by atoms with Crippen LogP contribution >= 0.6 is 0 Å². The third kappa shape index (κ3) is 10.0. The molecule has 1 aliphatic rings. The molecule has 0 unspecified atom stereocenters. The minimum Gasteiger partial charge on any atom is -0.393 e. The molecule has 0 bridgehead atoms. The van der Waals surface area contributed by atoms with E-state index in [0.29, 0.717) is 12.8 Å². The summed E-state index contributed by atoms with van der Waals surface area (Å²) in [6.07, 6.45) is 12.6. The first-order valence-corrected chi connectivity index (χ1v) is 10.8. The normalized spacial score (nSPS) is 25.7. The van der Waals surface area contributed by atoms with Crippen molar-refractivity contribution in [1.29, 1.82) is 0 Å². The van der Waals surface area contributed by atoms with E-state index in [2.05, 4.69) is 32.1 Å². The Labute approximate surface area is 202 Å². The molecule has 4 heteroatoms. The molecule has 0 aromatic heterocycles. The molecule has 1 aliphatic carbocycles. The molecule has 1 aromatic carbocycles. The quantitative estimate of drug-likeness (QED) is 0.252. The number of rotatable bonds is 11. The molecular weight excluding hydrogens is 437 g/mol. The van der Waals surface area contributed by atoms with Gasteiger partial charge in [-0.2, -0.15) is 35.9 Å². The van der Waals surface area contributed by atoms with Crippen molar-refractivity contribution in [1.82, 2.24) is 0 Å². The molecule has 3 nitrogen and oxygen atoms in total. The fraction of sp³-hybridized carbons (Fsp3) is 0.600. The molecule has 159 valence electrons. The number of allylic oxidation sites excluding steroid dienone is 2. The van der Waals surface area contributed by atoms with Crippen molar-refractivity contribution >= 4 is 0 Å². The number of hydrogen-bond acceptors (Lipinski definition) is 3. The molecule has 1 aromatic rings. The van der Waals surface area contributed by atoms with E-state index >= 15 is 0 Å². The van der Waals surface area contributed by atoms with Crippen LogP contribution in [-0.2, 0) is 39.1 Å². The molecule has 0 aliphatic heterocycles. The van der Waals surface area contributed by atoms with Gasteiger partial charge in [0.15, 0.2) is 0 Å². The van der Waals surface area contributed by atoms with Crippen molar-refractivity contribution in [2.45, 2.75) is 77.1 Å². The van der Waals surface area contributed by atoms with Crippen LogP contribution < -0.4 is 0 Å². The van der Waals surface area contributed by atoms with Crippen molar-refractivity contribution in [3.8, 4) is 0 Å². The Morgan fingerprint density at radius 3 is 2.66 bits per heavy atom. The molecule has 29 heavy (non-hydrogen) atoms. The Morgan fingerprint density at radius 2 is 1.97 bits per heavy atom. The van der Waals surface area contributed by atoms with Gasteiger partial charge < -0.3 is 15.3 Å². The Kier molecular flexibility index (Phi) is 13.5. The number of benzene rings is 1. The average molecular weight is 474 g/mol. The molecule has 0 heterocycles. The number of aliphatic hydroxyl groups is 3. The fourth-order valence-electron chi connectivity index (χ4n) is 3.97. The summed E-state index contributed by atoms with van der Waals surface area (Å²) in [4.78, 5) is 0. The van der Waals surface area contributed by atoms with Crippen molar-refractivity contribution in [3.63, 3.8) is 0 Å². The third-order valence-corrected chi connectivity index (χ3v) is 5.70.